The van der Waals surface area contributed by atoms with Gasteiger partial charge < -0.3 is 66.1 Å². The molecule has 1 aliphatic heterocycles. The van der Waals surface area contributed by atoms with E-state index in [1.807, 2.05) is 0 Å². The molecule has 0 radical (unpaired) electrons. The van der Waals surface area contributed by atoms with Crippen molar-refractivity contribution in [2.24, 2.45) is 0 Å². The van der Waals surface area contributed by atoms with Gasteiger partial charge in [0, 0.05) is 47.0 Å². The van der Waals surface area contributed by atoms with E-state index in [2.05, 4.69) is 26.6 Å². The predicted molar refractivity (Wildman–Crippen MR) is 158 cm³/mol. The molecule has 264 valence electrons. The van der Waals surface area contributed by atoms with E-state index < -0.39 is 85.2 Å². The van der Waals surface area contributed by atoms with Crippen molar-refractivity contribution in [3.63, 3.8) is 0 Å². The standard InChI is InChI=1S/C27H48N6O13/c1-16(36)31-19(13-34)27(43)30-6-5-28-23(40)15-45-11-10-44-9-7-29-22(39)12-33(18(3)38)8-4-20-24(32-17(2)37)26(42)25(41)21(14-35)46-20/h19-21,24-26,34-35,41-42H,4-15H2,1-3H3,(H,28,40)(H,29,39)(H,30,43)(H,31,36)(H,32,37)/t19?,20?,21-,24+,25+,26-/m1/s1. The van der Waals surface area contributed by atoms with E-state index in [0.29, 0.717) is 0 Å². The summed E-state index contributed by atoms with van der Waals surface area (Å²) in [5.74, 6) is -2.81. The summed E-state index contributed by atoms with van der Waals surface area (Å²) >= 11 is 0. The van der Waals surface area contributed by atoms with Crippen LogP contribution in [0.2, 0.25) is 0 Å². The fraction of sp³-hybridized carbons (Fsp3) is 0.778. The van der Waals surface area contributed by atoms with E-state index >= 15 is 0 Å². The highest BCUT2D eigenvalue weighted by Crippen LogP contribution is 2.23. The molecule has 1 fully saturated rings. The summed E-state index contributed by atoms with van der Waals surface area (Å²) in [6.45, 7) is 2.78. The molecule has 19 heteroatoms. The number of rotatable bonds is 21. The molecule has 46 heavy (non-hydrogen) atoms. The zero-order valence-electron chi connectivity index (χ0n) is 26.4. The van der Waals surface area contributed by atoms with Gasteiger partial charge in [-0.3, -0.25) is 28.8 Å². The minimum absolute atomic E-state index is 0.0311. The molecule has 2 unspecified atom stereocenters. The molecule has 6 atom stereocenters. The van der Waals surface area contributed by atoms with Gasteiger partial charge >= 0.3 is 0 Å². The maximum absolute atomic E-state index is 12.4. The van der Waals surface area contributed by atoms with E-state index in [0.717, 1.165) is 0 Å². The quantitative estimate of drug-likeness (QED) is 0.0518. The number of carbonyl (C=O) groups is 6. The number of ether oxygens (including phenoxy) is 3. The van der Waals surface area contributed by atoms with Gasteiger partial charge in [0.05, 0.1) is 51.7 Å². The first-order valence-corrected chi connectivity index (χ1v) is 14.8. The maximum atomic E-state index is 12.4. The normalized spacial score (nSPS) is 21.4. The zero-order chi connectivity index (χ0) is 34.6. The molecule has 6 amide bonds. The van der Waals surface area contributed by atoms with E-state index in [9.17, 15) is 44.1 Å². The molecule has 1 aliphatic rings. The van der Waals surface area contributed by atoms with Crippen LogP contribution in [0.1, 0.15) is 27.2 Å². The number of aliphatic hydroxyl groups is 4. The van der Waals surface area contributed by atoms with Crippen molar-refractivity contribution in [2.75, 3.05) is 72.4 Å². The topological polar surface area (TPSA) is 274 Å². The molecule has 0 spiro atoms. The predicted octanol–water partition coefficient (Wildman–Crippen LogP) is -5.91. The maximum Gasteiger partial charge on any atom is 0.246 e. The van der Waals surface area contributed by atoms with Crippen LogP contribution in [0, 0.1) is 0 Å². The average molecular weight is 665 g/mol. The van der Waals surface area contributed by atoms with Gasteiger partial charge in [0.1, 0.15) is 31.0 Å². The van der Waals surface area contributed by atoms with Crippen molar-refractivity contribution in [1.82, 2.24) is 31.5 Å². The molecular weight excluding hydrogens is 616 g/mol. The molecule has 0 aromatic heterocycles. The van der Waals surface area contributed by atoms with Gasteiger partial charge in [-0.25, -0.2) is 0 Å². The number of carbonyl (C=O) groups excluding carboxylic acids is 6. The van der Waals surface area contributed by atoms with E-state index in [-0.39, 0.29) is 65.6 Å². The molecular formula is C27H48N6O13. The molecule has 1 saturated heterocycles. The third-order valence-corrected chi connectivity index (χ3v) is 6.66. The molecule has 0 aliphatic carbocycles. The van der Waals surface area contributed by atoms with Crippen molar-refractivity contribution in [3.8, 4) is 0 Å². The van der Waals surface area contributed by atoms with Crippen molar-refractivity contribution in [3.05, 3.63) is 0 Å². The Kier molecular flexibility index (Phi) is 19.5. The minimum Gasteiger partial charge on any atom is -0.394 e. The lowest BCUT2D eigenvalue weighted by Crippen LogP contribution is -2.64. The van der Waals surface area contributed by atoms with E-state index in [4.69, 9.17) is 19.3 Å². The van der Waals surface area contributed by atoms with Crippen LogP contribution in [0.5, 0.6) is 0 Å². The summed E-state index contributed by atoms with van der Waals surface area (Å²) in [6, 6.07) is -2.06. The van der Waals surface area contributed by atoms with E-state index in [1.54, 1.807) is 0 Å². The first-order valence-electron chi connectivity index (χ1n) is 14.8. The van der Waals surface area contributed by atoms with Crippen LogP contribution in [-0.4, -0.2) is 170 Å². The molecule has 1 heterocycles. The molecule has 0 bridgehead atoms. The van der Waals surface area contributed by atoms with Gasteiger partial charge in [0.2, 0.25) is 35.4 Å². The van der Waals surface area contributed by atoms with Gasteiger partial charge in [0.25, 0.3) is 0 Å². The van der Waals surface area contributed by atoms with Crippen LogP contribution in [0.4, 0.5) is 0 Å². The van der Waals surface area contributed by atoms with Crippen molar-refractivity contribution < 1.29 is 63.4 Å². The van der Waals surface area contributed by atoms with Gasteiger partial charge in [-0.2, -0.15) is 0 Å². The van der Waals surface area contributed by atoms with Crippen LogP contribution in [-0.2, 0) is 43.0 Å². The summed E-state index contributed by atoms with van der Waals surface area (Å²) in [4.78, 5) is 72.0. The second-order valence-electron chi connectivity index (χ2n) is 10.4. The minimum atomic E-state index is -1.43. The van der Waals surface area contributed by atoms with Gasteiger partial charge in [-0.15, -0.1) is 0 Å². The summed E-state index contributed by atoms with van der Waals surface area (Å²) in [6.07, 6.45) is -4.67. The highest BCUT2D eigenvalue weighted by molar-refractivity contribution is 5.87. The van der Waals surface area contributed by atoms with Crippen molar-refractivity contribution >= 4 is 35.4 Å². The number of nitrogens with zero attached hydrogens (tertiary/aromatic N) is 1. The fourth-order valence-corrected chi connectivity index (χ4v) is 4.36. The highest BCUT2D eigenvalue weighted by atomic mass is 16.5. The Morgan fingerprint density at radius 2 is 1.46 bits per heavy atom. The fourth-order valence-electron chi connectivity index (χ4n) is 4.36. The largest absolute Gasteiger partial charge is 0.394 e. The highest BCUT2D eigenvalue weighted by Gasteiger charge is 2.44. The Hall–Kier alpha value is -3.46. The molecule has 0 saturated carbocycles. The van der Waals surface area contributed by atoms with Crippen LogP contribution >= 0.6 is 0 Å². The van der Waals surface area contributed by atoms with Crippen LogP contribution in [0.15, 0.2) is 0 Å². The van der Waals surface area contributed by atoms with Crippen LogP contribution < -0.4 is 26.6 Å². The number of hydrogen-bond donors (Lipinski definition) is 9. The second-order valence-corrected chi connectivity index (χ2v) is 10.4. The average Bonchev–Trinajstić information content (AvgIpc) is 2.99. The number of nitrogens with one attached hydrogen (secondary N) is 5. The Morgan fingerprint density at radius 3 is 2.07 bits per heavy atom. The van der Waals surface area contributed by atoms with Crippen LogP contribution in [0.25, 0.3) is 0 Å². The van der Waals surface area contributed by atoms with Gasteiger partial charge in [-0.1, -0.05) is 0 Å². The summed E-state index contributed by atoms with van der Waals surface area (Å²) < 4.78 is 16.2. The molecule has 0 aromatic rings. The summed E-state index contributed by atoms with van der Waals surface area (Å²) in [5.41, 5.74) is 0. The first-order chi connectivity index (χ1) is 21.8. The number of aliphatic hydroxyl groups excluding tert-OH is 4. The van der Waals surface area contributed by atoms with E-state index in [1.165, 1.54) is 25.7 Å². The van der Waals surface area contributed by atoms with Crippen molar-refractivity contribution in [2.45, 2.75) is 63.7 Å². The Balaban J connectivity index is 2.25. The number of hydrogen-bond acceptors (Lipinski definition) is 13. The Morgan fingerprint density at radius 1 is 0.804 bits per heavy atom. The lowest BCUT2D eigenvalue weighted by Gasteiger charge is -2.43. The Bertz CT molecular complexity index is 1000. The third kappa shape index (κ3) is 15.7. The Labute approximate surface area is 266 Å². The lowest BCUT2D eigenvalue weighted by atomic mass is 9.91. The second kappa shape index (κ2) is 22.1. The summed E-state index contributed by atoms with van der Waals surface area (Å²) in [5, 5.41) is 51.6. The lowest BCUT2D eigenvalue weighted by molar-refractivity contribution is -0.197. The zero-order valence-corrected chi connectivity index (χ0v) is 26.4. The van der Waals surface area contributed by atoms with Gasteiger partial charge in [0.15, 0.2) is 0 Å². The van der Waals surface area contributed by atoms with Crippen LogP contribution in [0.3, 0.4) is 0 Å². The monoisotopic (exact) mass is 664 g/mol. The molecule has 0 aromatic carbocycles. The van der Waals surface area contributed by atoms with Crippen molar-refractivity contribution in [1.29, 1.82) is 0 Å². The third-order valence-electron chi connectivity index (χ3n) is 6.66. The smallest absolute Gasteiger partial charge is 0.246 e. The van der Waals surface area contributed by atoms with Gasteiger partial charge in [-0.05, 0) is 6.42 Å². The SMILES string of the molecule is CC(=O)NC(CO)C(=O)NCCNC(=O)COCCOCCNC(=O)CN(CCC1O[C@H](CO)[C@H](O)[C@H](O)[C@H]1NC(C)=O)C(C)=O. The molecule has 1 rings (SSSR count). The first kappa shape index (κ1) is 40.6. The molecule has 9 N–H and O–H groups in total. The number of amides is 6. The summed E-state index contributed by atoms with van der Waals surface area (Å²) in [7, 11) is 0. The molecule has 19 nitrogen and oxygen atoms in total.